The van der Waals surface area contributed by atoms with E-state index >= 15 is 0 Å². The van der Waals surface area contributed by atoms with Crippen LogP contribution in [0.3, 0.4) is 0 Å². The van der Waals surface area contributed by atoms with Crippen molar-refractivity contribution in [2.75, 3.05) is 0 Å². The molecule has 5 nitrogen and oxygen atoms in total. The van der Waals surface area contributed by atoms with Crippen molar-refractivity contribution in [3.63, 3.8) is 0 Å². The highest BCUT2D eigenvalue weighted by molar-refractivity contribution is 7.79. The molecule has 62 valence electrons. The minimum atomic E-state index is -2.00. The Morgan fingerprint density at radius 3 is 3.00 bits per heavy atom. The second-order valence-corrected chi connectivity index (χ2v) is 3.13. The molecule has 0 spiro atoms. The molecule has 2 rings (SSSR count). The van der Waals surface area contributed by atoms with Crippen LogP contribution in [0, 0.1) is 0 Å². The summed E-state index contributed by atoms with van der Waals surface area (Å²) < 4.78 is 19.6. The number of benzene rings is 1. The third kappa shape index (κ3) is 1.01. The summed E-state index contributed by atoms with van der Waals surface area (Å²) >= 11 is -2.00. The highest BCUT2D eigenvalue weighted by atomic mass is 32.2. The number of hydrogen-bond donors (Lipinski definition) is 2. The maximum absolute atomic E-state index is 10.7. The van der Waals surface area contributed by atoms with Crippen LogP contribution in [0.4, 0.5) is 0 Å². The number of fused-ring (bicyclic) bond motifs is 1. The Bertz CT molecular complexity index is 439. The molecule has 1 aromatic heterocycles. The molecule has 1 unspecified atom stereocenters. The van der Waals surface area contributed by atoms with E-state index in [2.05, 4.69) is 15.4 Å². The Balaban J connectivity index is 2.82. The van der Waals surface area contributed by atoms with Crippen LogP contribution >= 0.6 is 0 Å². The maximum atomic E-state index is 10.7. The molecule has 0 aliphatic heterocycles. The predicted octanol–water partition coefficient (Wildman–Crippen LogP) is 0.538. The SMILES string of the molecule is O=S(O)c1cccc2n[nH]nc12. The minimum absolute atomic E-state index is 0.279. The number of aromatic nitrogens is 3. The zero-order chi connectivity index (χ0) is 8.55. The molecule has 6 heteroatoms. The molecule has 1 aromatic carbocycles. The zero-order valence-electron chi connectivity index (χ0n) is 5.89. The van der Waals surface area contributed by atoms with Crippen LogP contribution in [-0.4, -0.2) is 24.2 Å². The first-order chi connectivity index (χ1) is 5.79. The van der Waals surface area contributed by atoms with Crippen molar-refractivity contribution >= 4 is 22.1 Å². The summed E-state index contributed by atoms with van der Waals surface area (Å²) in [5, 5.41) is 9.92. The molecule has 1 atom stereocenters. The number of hydrogen-bond acceptors (Lipinski definition) is 3. The molecule has 0 fully saturated rings. The second-order valence-electron chi connectivity index (χ2n) is 2.20. The Kier molecular flexibility index (Phi) is 1.63. The van der Waals surface area contributed by atoms with Gasteiger partial charge in [-0.25, -0.2) is 4.21 Å². The van der Waals surface area contributed by atoms with Gasteiger partial charge in [0.2, 0.25) is 0 Å². The van der Waals surface area contributed by atoms with Crippen LogP contribution in [0.25, 0.3) is 11.0 Å². The van der Waals surface area contributed by atoms with Gasteiger partial charge in [-0.2, -0.15) is 15.4 Å². The number of para-hydroxylation sites is 1. The first-order valence-corrected chi connectivity index (χ1v) is 4.30. The van der Waals surface area contributed by atoms with Crippen molar-refractivity contribution in [1.29, 1.82) is 0 Å². The Hall–Kier alpha value is -1.27. The summed E-state index contributed by atoms with van der Waals surface area (Å²) in [6.45, 7) is 0. The first-order valence-electron chi connectivity index (χ1n) is 3.19. The lowest BCUT2D eigenvalue weighted by molar-refractivity contribution is 0.565. The molecule has 2 N–H and O–H groups in total. The number of nitrogens with one attached hydrogen (secondary N) is 1. The molecule has 0 saturated carbocycles. The molecular weight excluding hydrogens is 178 g/mol. The molecule has 2 aromatic rings. The molecule has 0 aliphatic rings. The van der Waals surface area contributed by atoms with Gasteiger partial charge in [-0.3, -0.25) is 0 Å². The van der Waals surface area contributed by atoms with Gasteiger partial charge in [0.15, 0.2) is 11.1 Å². The summed E-state index contributed by atoms with van der Waals surface area (Å²) in [6.07, 6.45) is 0. The van der Waals surface area contributed by atoms with E-state index in [-0.39, 0.29) is 4.90 Å². The molecule has 0 bridgehead atoms. The van der Waals surface area contributed by atoms with Gasteiger partial charge in [0.05, 0.1) is 4.90 Å². The van der Waals surface area contributed by atoms with Crippen LogP contribution < -0.4 is 0 Å². The van der Waals surface area contributed by atoms with E-state index < -0.39 is 11.1 Å². The molecule has 0 aliphatic carbocycles. The summed E-state index contributed by atoms with van der Waals surface area (Å²) in [5.41, 5.74) is 1.04. The molecule has 0 saturated heterocycles. The summed E-state index contributed by atoms with van der Waals surface area (Å²) in [4.78, 5) is 0.279. The standard InChI is InChI=1S/C6H5N3O2S/c10-12(11)5-3-1-2-4-6(5)8-9-7-4/h1-3H,(H,10,11)(H,7,8,9). The third-order valence-corrected chi connectivity index (χ3v) is 2.20. The van der Waals surface area contributed by atoms with Crippen molar-refractivity contribution in [3.05, 3.63) is 18.2 Å². The van der Waals surface area contributed by atoms with Gasteiger partial charge >= 0.3 is 0 Å². The topological polar surface area (TPSA) is 78.9 Å². The fourth-order valence-corrected chi connectivity index (χ4v) is 1.49. The second kappa shape index (κ2) is 2.65. The number of aromatic amines is 1. The van der Waals surface area contributed by atoms with Crippen molar-refractivity contribution in [2.45, 2.75) is 4.90 Å². The zero-order valence-corrected chi connectivity index (χ0v) is 6.71. The van der Waals surface area contributed by atoms with Crippen LogP contribution in [-0.2, 0) is 11.1 Å². The monoisotopic (exact) mass is 183 g/mol. The number of rotatable bonds is 1. The van der Waals surface area contributed by atoms with Crippen LogP contribution in [0.15, 0.2) is 23.1 Å². The lowest BCUT2D eigenvalue weighted by Gasteiger charge is -1.92. The van der Waals surface area contributed by atoms with E-state index in [1.807, 2.05) is 0 Å². The fraction of sp³-hybridized carbons (Fsp3) is 0. The van der Waals surface area contributed by atoms with E-state index in [4.69, 9.17) is 4.55 Å². The highest BCUT2D eigenvalue weighted by Crippen LogP contribution is 2.15. The average molecular weight is 183 g/mol. The minimum Gasteiger partial charge on any atom is -0.302 e. The van der Waals surface area contributed by atoms with Gasteiger partial charge in [0.1, 0.15) is 11.0 Å². The van der Waals surface area contributed by atoms with Crippen molar-refractivity contribution in [1.82, 2.24) is 15.4 Å². The third-order valence-electron chi connectivity index (χ3n) is 1.50. The van der Waals surface area contributed by atoms with Gasteiger partial charge in [-0.15, -0.1) is 0 Å². The molecule has 0 radical (unpaired) electrons. The van der Waals surface area contributed by atoms with Gasteiger partial charge in [0, 0.05) is 0 Å². The lowest BCUT2D eigenvalue weighted by atomic mass is 10.3. The smallest absolute Gasteiger partial charge is 0.188 e. The summed E-state index contributed by atoms with van der Waals surface area (Å²) in [7, 11) is 0. The van der Waals surface area contributed by atoms with E-state index in [0.717, 1.165) is 0 Å². The van der Waals surface area contributed by atoms with Crippen LogP contribution in [0.5, 0.6) is 0 Å². The fourth-order valence-electron chi connectivity index (χ4n) is 0.983. The van der Waals surface area contributed by atoms with E-state index in [1.165, 1.54) is 0 Å². The summed E-state index contributed by atoms with van der Waals surface area (Å²) in [5.74, 6) is 0. The van der Waals surface area contributed by atoms with Crippen LogP contribution in [0.1, 0.15) is 0 Å². The van der Waals surface area contributed by atoms with E-state index in [0.29, 0.717) is 11.0 Å². The molecule has 12 heavy (non-hydrogen) atoms. The lowest BCUT2D eigenvalue weighted by Crippen LogP contribution is -1.89. The molecular formula is C6H5N3O2S. The van der Waals surface area contributed by atoms with Crippen molar-refractivity contribution < 1.29 is 8.76 Å². The summed E-state index contributed by atoms with van der Waals surface area (Å²) in [6, 6.07) is 4.92. The molecule has 0 amide bonds. The largest absolute Gasteiger partial charge is 0.302 e. The van der Waals surface area contributed by atoms with Crippen LogP contribution in [0.2, 0.25) is 0 Å². The van der Waals surface area contributed by atoms with Gasteiger partial charge in [-0.1, -0.05) is 6.07 Å². The Labute approximate surface area is 70.1 Å². The quantitative estimate of drug-likeness (QED) is 0.632. The van der Waals surface area contributed by atoms with Crippen molar-refractivity contribution in [3.8, 4) is 0 Å². The number of nitrogens with zero attached hydrogens (tertiary/aromatic N) is 2. The Morgan fingerprint density at radius 2 is 2.25 bits per heavy atom. The maximum Gasteiger partial charge on any atom is 0.188 e. The van der Waals surface area contributed by atoms with Gasteiger partial charge < -0.3 is 4.55 Å². The number of H-pyrrole nitrogens is 1. The first kappa shape index (κ1) is 7.38. The van der Waals surface area contributed by atoms with E-state index in [9.17, 15) is 4.21 Å². The normalized spacial score (nSPS) is 13.4. The Morgan fingerprint density at radius 1 is 1.42 bits per heavy atom. The van der Waals surface area contributed by atoms with Gasteiger partial charge in [-0.05, 0) is 12.1 Å². The van der Waals surface area contributed by atoms with E-state index in [1.54, 1.807) is 18.2 Å². The van der Waals surface area contributed by atoms with Crippen molar-refractivity contribution in [2.24, 2.45) is 0 Å². The highest BCUT2D eigenvalue weighted by Gasteiger charge is 2.07. The average Bonchev–Trinajstić information content (AvgIpc) is 2.49. The predicted molar refractivity (Wildman–Crippen MR) is 42.9 cm³/mol. The van der Waals surface area contributed by atoms with Gasteiger partial charge in [0.25, 0.3) is 0 Å². The molecule has 1 heterocycles.